The maximum atomic E-state index is 12.2. The molecule has 0 heterocycles. The van der Waals surface area contributed by atoms with E-state index in [1.165, 1.54) is 6.04 Å². The van der Waals surface area contributed by atoms with Crippen LogP contribution in [0.3, 0.4) is 0 Å². The SMILES string of the molecule is CCS(=S)c1ccccc1OC(=O)[C@@H](N)Cc1ccccc1.N[C@@H](CS)C(=O)CO.N[C@@H](Cc1ccccc1)C(=O)N[C@@H](CS)C(=O)CO.[CH2-]OCC[Si](C)(C)C.[Na+]. The van der Waals surface area contributed by atoms with Crippen molar-refractivity contribution in [3.05, 3.63) is 103 Å². The van der Waals surface area contributed by atoms with Crippen LogP contribution in [0.1, 0.15) is 18.1 Å². The second kappa shape index (κ2) is 33.9. The van der Waals surface area contributed by atoms with Gasteiger partial charge >= 0.3 is 35.5 Å². The summed E-state index contributed by atoms with van der Waals surface area (Å²) in [6.07, 6.45) is 0.842. The number of nitrogens with two attached hydrogens (primary N) is 3. The number of Topliss-reactive ketones (excluding diaryl/α,β-unsaturated/α-hetero) is 2. The molecule has 1 amide bonds. The number of amides is 1. The zero-order valence-electron chi connectivity index (χ0n) is 34.3. The molecule has 5 atom stereocenters. The van der Waals surface area contributed by atoms with Crippen molar-refractivity contribution < 1.29 is 68.4 Å². The predicted molar refractivity (Wildman–Crippen MR) is 243 cm³/mol. The number of hydrogen-bond acceptors (Lipinski definition) is 14. The number of hydrogen-bond donors (Lipinski definition) is 8. The molecule has 0 aliphatic rings. The van der Waals surface area contributed by atoms with Crippen molar-refractivity contribution in [2.45, 2.75) is 74.5 Å². The fraction of sp³-hybridized carbons (Fsp3) is 0.425. The number of aliphatic hydroxyl groups excluding tert-OH is 2. The third kappa shape index (κ3) is 26.4. The largest absolute Gasteiger partial charge is 1.00 e. The number of ether oxygens (including phenoxy) is 2. The van der Waals surface area contributed by atoms with E-state index in [4.69, 9.17) is 48.1 Å². The van der Waals surface area contributed by atoms with Gasteiger partial charge in [-0.1, -0.05) is 109 Å². The first kappa shape index (κ1) is 58.3. The molecule has 12 nitrogen and oxygen atoms in total. The molecule has 318 valence electrons. The number of carbonyl (C=O) groups is 4. The molecule has 58 heavy (non-hydrogen) atoms. The van der Waals surface area contributed by atoms with Crippen LogP contribution in [0.5, 0.6) is 5.75 Å². The molecule has 0 bridgehead atoms. The molecule has 1 unspecified atom stereocenters. The topological polar surface area (TPSA) is 217 Å². The van der Waals surface area contributed by atoms with Gasteiger partial charge in [0.05, 0.1) is 23.0 Å². The monoisotopic (exact) mass is 904 g/mol. The van der Waals surface area contributed by atoms with E-state index in [0.717, 1.165) is 28.4 Å². The molecule has 0 spiro atoms. The number of carbonyl (C=O) groups excluding carboxylic acids is 4. The van der Waals surface area contributed by atoms with E-state index in [1.807, 2.05) is 85.8 Å². The van der Waals surface area contributed by atoms with Crippen LogP contribution in [0.4, 0.5) is 0 Å². The fourth-order valence-electron chi connectivity index (χ4n) is 4.19. The van der Waals surface area contributed by atoms with Crippen molar-refractivity contribution in [1.29, 1.82) is 0 Å². The first-order valence-corrected chi connectivity index (χ1v) is 25.5. The van der Waals surface area contributed by atoms with Gasteiger partial charge in [0.25, 0.3) is 0 Å². The summed E-state index contributed by atoms with van der Waals surface area (Å²) in [5.41, 5.74) is 18.8. The van der Waals surface area contributed by atoms with E-state index in [1.54, 1.807) is 6.07 Å². The average Bonchev–Trinajstić information content (AvgIpc) is 3.22. The molecule has 0 aliphatic heterocycles. The van der Waals surface area contributed by atoms with Crippen LogP contribution in [0.2, 0.25) is 25.7 Å². The van der Waals surface area contributed by atoms with E-state index < -0.39 is 63.1 Å². The standard InChI is InChI=1S/C17H19NO2S2.C13H18N2O3S.C6H15OSi.C4H9NO2S.Na/c1-2-22(21)16-11-7-6-10-15(16)20-17(19)14(18)12-13-8-4-3-5-9-13;14-10(6-9-4-2-1-3-5-9)13(18)15-11(8-19)12(17)7-16;1-7-5-6-8(2,3)4;5-3(2-8)4(7)1-6;/h3-11,14H,2,12,18H2,1H3;1-5,10-11,16,19H,6-8,14H2,(H,15,18);1,5-6H2,2-4H3;3,6,8H,1-2,5H2;/q;;-1;;+1/t14-,22?;10-,11-;;3-;/m00.0./s1. The Bertz CT molecular complexity index is 1630. The predicted octanol–water partition coefficient (Wildman–Crippen LogP) is 0.0951. The molecule has 0 aromatic heterocycles. The molecular formula is C40H61N4NaO8S4Si. The van der Waals surface area contributed by atoms with E-state index in [0.29, 0.717) is 24.3 Å². The zero-order chi connectivity index (χ0) is 43.4. The van der Waals surface area contributed by atoms with Crippen LogP contribution in [0.25, 0.3) is 0 Å². The van der Waals surface area contributed by atoms with Crippen molar-refractivity contribution in [1.82, 2.24) is 5.32 Å². The summed E-state index contributed by atoms with van der Waals surface area (Å²) >= 11 is 13.1. The average molecular weight is 905 g/mol. The van der Waals surface area contributed by atoms with Gasteiger partial charge in [0, 0.05) is 26.2 Å². The normalized spacial score (nSPS) is 13.0. The first-order valence-electron chi connectivity index (χ1n) is 18.2. The fourth-order valence-corrected chi connectivity index (χ4v) is 6.73. The molecule has 0 fully saturated rings. The Kier molecular flexibility index (Phi) is 34.0. The molecule has 18 heteroatoms. The number of ketones is 2. The van der Waals surface area contributed by atoms with Gasteiger partial charge in [0.15, 0.2) is 11.6 Å². The Balaban J connectivity index is 0. The van der Waals surface area contributed by atoms with Gasteiger partial charge in [-0.3, -0.25) is 14.4 Å². The summed E-state index contributed by atoms with van der Waals surface area (Å²) in [5.74, 6) is 0.0818. The number of thiol groups is 2. The Hall–Kier alpha value is -1.81. The summed E-state index contributed by atoms with van der Waals surface area (Å²) in [5, 5.41) is 19.4. The van der Waals surface area contributed by atoms with Crippen LogP contribution >= 0.6 is 25.3 Å². The minimum Gasteiger partial charge on any atom is -0.555 e. The maximum Gasteiger partial charge on any atom is 1.00 e. The van der Waals surface area contributed by atoms with Crippen molar-refractivity contribution in [3.8, 4) is 5.75 Å². The summed E-state index contributed by atoms with van der Waals surface area (Å²) in [4.78, 5) is 46.5. The van der Waals surface area contributed by atoms with Gasteiger partial charge in [0.1, 0.15) is 25.0 Å². The molecular weight excluding hydrogens is 844 g/mol. The Morgan fingerprint density at radius 2 is 1.28 bits per heavy atom. The van der Waals surface area contributed by atoms with Crippen LogP contribution < -0.4 is 56.8 Å². The van der Waals surface area contributed by atoms with Gasteiger partial charge in [-0.25, -0.2) is 11.9 Å². The number of para-hydroxylation sites is 1. The van der Waals surface area contributed by atoms with Crippen LogP contribution in [-0.4, -0.2) is 103 Å². The molecule has 0 saturated heterocycles. The van der Waals surface area contributed by atoms with Gasteiger partial charge in [-0.2, -0.15) is 25.3 Å². The molecule has 9 N–H and O–H groups in total. The van der Waals surface area contributed by atoms with Crippen LogP contribution in [0.15, 0.2) is 89.8 Å². The number of benzene rings is 3. The van der Waals surface area contributed by atoms with E-state index in [2.05, 4.69) is 57.3 Å². The van der Waals surface area contributed by atoms with Crippen molar-refractivity contribution >= 4 is 77.4 Å². The molecule has 0 saturated carbocycles. The third-order valence-corrected chi connectivity index (χ3v) is 12.7. The Morgan fingerprint density at radius 3 is 1.67 bits per heavy atom. The van der Waals surface area contributed by atoms with Crippen LogP contribution in [0, 0.1) is 7.11 Å². The number of aliphatic hydroxyl groups is 2. The maximum absolute atomic E-state index is 12.2. The van der Waals surface area contributed by atoms with E-state index in [9.17, 15) is 19.2 Å². The second-order valence-electron chi connectivity index (χ2n) is 13.6. The minimum atomic E-state index is -0.843. The van der Waals surface area contributed by atoms with Gasteiger partial charge in [-0.05, 0) is 59.1 Å². The third-order valence-electron chi connectivity index (χ3n) is 7.61. The van der Waals surface area contributed by atoms with E-state index >= 15 is 0 Å². The zero-order valence-corrected chi connectivity index (χ0v) is 40.7. The van der Waals surface area contributed by atoms with Gasteiger partial charge < -0.3 is 42.2 Å². The van der Waals surface area contributed by atoms with Gasteiger partial charge in [-0.15, -0.1) is 0 Å². The van der Waals surface area contributed by atoms with Crippen molar-refractivity contribution in [2.24, 2.45) is 17.2 Å². The number of rotatable bonds is 19. The second-order valence-corrected chi connectivity index (χ2v) is 22.9. The van der Waals surface area contributed by atoms with Crippen molar-refractivity contribution in [3.63, 3.8) is 0 Å². The smallest absolute Gasteiger partial charge is 0.555 e. The molecule has 3 aromatic carbocycles. The summed E-state index contributed by atoms with van der Waals surface area (Å²) < 4.78 is 10.2. The molecule has 3 aromatic rings. The number of nitrogens with one attached hydrogen (secondary N) is 1. The summed E-state index contributed by atoms with van der Waals surface area (Å²) in [6.45, 7) is 8.72. The van der Waals surface area contributed by atoms with Crippen molar-refractivity contribution in [2.75, 3.05) is 37.1 Å². The van der Waals surface area contributed by atoms with Gasteiger partial charge in [0.2, 0.25) is 5.91 Å². The Labute approximate surface area is 385 Å². The minimum absolute atomic E-state index is 0. The quantitative estimate of drug-likeness (QED) is 0.0264. The number of esters is 1. The van der Waals surface area contributed by atoms with Crippen LogP contribution in [-0.2, 0) is 57.4 Å². The summed E-state index contributed by atoms with van der Waals surface area (Å²) in [6, 6.07) is 24.8. The molecule has 0 radical (unpaired) electrons. The Morgan fingerprint density at radius 1 is 0.793 bits per heavy atom. The summed E-state index contributed by atoms with van der Waals surface area (Å²) in [7, 11) is 2.11. The molecule has 0 aliphatic carbocycles. The first-order chi connectivity index (χ1) is 27.0. The van der Waals surface area contributed by atoms with E-state index in [-0.39, 0.29) is 50.5 Å². The molecule has 3 rings (SSSR count).